The number of hydrogen-bond donors (Lipinski definition) is 2. The molecule has 2 amide bonds. The van der Waals surface area contributed by atoms with Crippen LogP contribution in [0.3, 0.4) is 0 Å². The topological polar surface area (TPSA) is 57.3 Å². The molecule has 1 saturated heterocycles. The molecule has 0 aliphatic carbocycles. The largest absolute Gasteiger partial charge is 0.334 e. The van der Waals surface area contributed by atoms with Crippen molar-refractivity contribution in [1.82, 2.24) is 15.2 Å². The Bertz CT molecular complexity index is 390. The molecular formula is C14H22N4O. The lowest BCUT2D eigenvalue weighted by Crippen LogP contribution is -2.44. The Morgan fingerprint density at radius 3 is 2.68 bits per heavy atom. The third-order valence-electron chi connectivity index (χ3n) is 3.44. The van der Waals surface area contributed by atoms with Gasteiger partial charge in [0.05, 0.1) is 0 Å². The maximum absolute atomic E-state index is 11.9. The van der Waals surface area contributed by atoms with Gasteiger partial charge in [0.15, 0.2) is 0 Å². The van der Waals surface area contributed by atoms with Gasteiger partial charge in [0, 0.05) is 30.7 Å². The molecule has 2 heterocycles. The second kappa shape index (κ2) is 7.09. The predicted octanol–water partition coefficient (Wildman–Crippen LogP) is 2.08. The molecule has 0 radical (unpaired) electrons. The van der Waals surface area contributed by atoms with E-state index in [0.29, 0.717) is 0 Å². The van der Waals surface area contributed by atoms with E-state index < -0.39 is 0 Å². The number of hydrogen-bond acceptors (Lipinski definition) is 3. The monoisotopic (exact) mass is 262 g/mol. The maximum Gasteiger partial charge on any atom is 0.319 e. The van der Waals surface area contributed by atoms with Crippen molar-refractivity contribution >= 4 is 11.7 Å². The Hall–Kier alpha value is -1.62. The van der Waals surface area contributed by atoms with E-state index in [-0.39, 0.29) is 12.1 Å². The van der Waals surface area contributed by atoms with Crippen LogP contribution in [-0.4, -0.2) is 41.6 Å². The van der Waals surface area contributed by atoms with Crippen LogP contribution in [0.2, 0.25) is 0 Å². The van der Waals surface area contributed by atoms with E-state index in [4.69, 9.17) is 0 Å². The van der Waals surface area contributed by atoms with Gasteiger partial charge in [-0.3, -0.25) is 4.98 Å². The van der Waals surface area contributed by atoms with Gasteiger partial charge in [-0.25, -0.2) is 4.79 Å². The van der Waals surface area contributed by atoms with Crippen LogP contribution in [-0.2, 0) is 0 Å². The lowest BCUT2D eigenvalue weighted by atomic mass is 10.2. The fourth-order valence-electron chi connectivity index (χ4n) is 2.34. The van der Waals surface area contributed by atoms with E-state index >= 15 is 0 Å². The molecule has 1 aliphatic rings. The van der Waals surface area contributed by atoms with Crippen LogP contribution >= 0.6 is 0 Å². The summed E-state index contributed by atoms with van der Waals surface area (Å²) in [6.45, 7) is 5.36. The number of rotatable bonds is 5. The summed E-state index contributed by atoms with van der Waals surface area (Å²) in [4.78, 5) is 18.2. The second-order valence-corrected chi connectivity index (χ2v) is 4.95. The zero-order valence-electron chi connectivity index (χ0n) is 11.4. The lowest BCUT2D eigenvalue weighted by molar-refractivity contribution is 0.239. The van der Waals surface area contributed by atoms with E-state index in [1.54, 1.807) is 24.5 Å². The fourth-order valence-corrected chi connectivity index (χ4v) is 2.34. The summed E-state index contributed by atoms with van der Waals surface area (Å²) >= 11 is 0. The molecule has 5 heteroatoms. The van der Waals surface area contributed by atoms with Crippen LogP contribution in [0.25, 0.3) is 0 Å². The number of carbonyl (C=O) groups is 1. The SMILES string of the molecule is CCC(CN1CCCC1)NC(=O)Nc1ccncc1. The Balaban J connectivity index is 1.78. The molecule has 1 aromatic heterocycles. The minimum atomic E-state index is -0.141. The van der Waals surface area contributed by atoms with Gasteiger partial charge in [-0.2, -0.15) is 0 Å². The summed E-state index contributed by atoms with van der Waals surface area (Å²) in [7, 11) is 0. The van der Waals surface area contributed by atoms with Crippen LogP contribution in [0, 0.1) is 0 Å². The van der Waals surface area contributed by atoms with E-state index in [0.717, 1.165) is 31.7 Å². The Labute approximate surface area is 114 Å². The van der Waals surface area contributed by atoms with Gasteiger partial charge in [0.25, 0.3) is 0 Å². The molecule has 0 saturated carbocycles. The summed E-state index contributed by atoms with van der Waals surface area (Å²) in [6.07, 6.45) is 6.83. The van der Waals surface area contributed by atoms with Gasteiger partial charge in [-0.1, -0.05) is 6.92 Å². The molecule has 1 unspecified atom stereocenters. The highest BCUT2D eigenvalue weighted by molar-refractivity contribution is 5.89. The third kappa shape index (κ3) is 4.52. The molecule has 0 aromatic carbocycles. The van der Waals surface area contributed by atoms with Gasteiger partial charge in [0.1, 0.15) is 0 Å². The summed E-state index contributed by atoms with van der Waals surface area (Å²) in [5.41, 5.74) is 0.767. The molecule has 1 aliphatic heterocycles. The maximum atomic E-state index is 11.9. The van der Waals surface area contributed by atoms with Gasteiger partial charge in [-0.15, -0.1) is 0 Å². The standard InChI is InChI=1S/C14H22N4O/c1-2-12(11-18-9-3-4-10-18)16-14(19)17-13-5-7-15-8-6-13/h5-8,12H,2-4,9-11H2,1H3,(H2,15,16,17,19). The van der Waals surface area contributed by atoms with Crippen LogP contribution in [0.15, 0.2) is 24.5 Å². The van der Waals surface area contributed by atoms with E-state index in [9.17, 15) is 4.79 Å². The van der Waals surface area contributed by atoms with Gasteiger partial charge < -0.3 is 15.5 Å². The summed E-state index contributed by atoms with van der Waals surface area (Å²) in [5.74, 6) is 0. The normalized spacial score (nSPS) is 17.1. The van der Waals surface area contributed by atoms with E-state index in [1.807, 2.05) is 0 Å². The number of urea groups is 1. The second-order valence-electron chi connectivity index (χ2n) is 4.95. The molecule has 1 aromatic rings. The molecule has 2 N–H and O–H groups in total. The van der Waals surface area contributed by atoms with Crippen molar-refractivity contribution in [2.45, 2.75) is 32.2 Å². The molecular weight excluding hydrogens is 240 g/mol. The van der Waals surface area contributed by atoms with Gasteiger partial charge in [-0.05, 0) is 44.5 Å². The lowest BCUT2D eigenvalue weighted by Gasteiger charge is -2.23. The van der Waals surface area contributed by atoms with Crippen LogP contribution in [0.1, 0.15) is 26.2 Å². The van der Waals surface area contributed by atoms with Crippen molar-refractivity contribution in [3.8, 4) is 0 Å². The first-order valence-corrected chi connectivity index (χ1v) is 6.98. The number of nitrogens with one attached hydrogen (secondary N) is 2. The van der Waals surface area contributed by atoms with Crippen molar-refractivity contribution in [1.29, 1.82) is 0 Å². The van der Waals surface area contributed by atoms with Crippen LogP contribution in [0.4, 0.5) is 10.5 Å². The number of aromatic nitrogens is 1. The van der Waals surface area contributed by atoms with Crippen molar-refractivity contribution in [2.75, 3.05) is 25.0 Å². The number of carbonyl (C=O) groups excluding carboxylic acids is 1. The Kier molecular flexibility index (Phi) is 5.15. The van der Waals surface area contributed by atoms with Gasteiger partial charge >= 0.3 is 6.03 Å². The summed E-state index contributed by atoms with van der Waals surface area (Å²) in [6, 6.07) is 3.62. The molecule has 2 rings (SSSR count). The first kappa shape index (κ1) is 13.8. The number of nitrogens with zero attached hydrogens (tertiary/aromatic N) is 2. The van der Waals surface area contributed by atoms with Crippen molar-refractivity contribution in [3.63, 3.8) is 0 Å². The number of likely N-dealkylation sites (tertiary alicyclic amines) is 1. The van der Waals surface area contributed by atoms with E-state index in [2.05, 4.69) is 27.4 Å². The van der Waals surface area contributed by atoms with E-state index in [1.165, 1.54) is 12.8 Å². The molecule has 5 nitrogen and oxygen atoms in total. The number of anilines is 1. The Morgan fingerprint density at radius 2 is 2.05 bits per heavy atom. The first-order valence-electron chi connectivity index (χ1n) is 6.98. The minimum absolute atomic E-state index is 0.141. The minimum Gasteiger partial charge on any atom is -0.334 e. The first-order chi connectivity index (χ1) is 9.28. The smallest absolute Gasteiger partial charge is 0.319 e. The summed E-state index contributed by atoms with van der Waals surface area (Å²) < 4.78 is 0. The molecule has 1 fully saturated rings. The zero-order valence-corrected chi connectivity index (χ0v) is 11.4. The molecule has 1 atom stereocenters. The Morgan fingerprint density at radius 1 is 1.37 bits per heavy atom. The van der Waals surface area contributed by atoms with Crippen molar-refractivity contribution < 1.29 is 4.79 Å². The van der Waals surface area contributed by atoms with Crippen molar-refractivity contribution in [3.05, 3.63) is 24.5 Å². The third-order valence-corrected chi connectivity index (χ3v) is 3.44. The average molecular weight is 262 g/mol. The number of amides is 2. The van der Waals surface area contributed by atoms with Crippen LogP contribution in [0.5, 0.6) is 0 Å². The predicted molar refractivity (Wildman–Crippen MR) is 76.1 cm³/mol. The van der Waals surface area contributed by atoms with Crippen molar-refractivity contribution in [2.24, 2.45) is 0 Å². The quantitative estimate of drug-likeness (QED) is 0.854. The highest BCUT2D eigenvalue weighted by Crippen LogP contribution is 2.09. The molecule has 0 bridgehead atoms. The summed E-state index contributed by atoms with van der Waals surface area (Å²) in [5, 5.41) is 5.85. The molecule has 104 valence electrons. The molecule has 0 spiro atoms. The highest BCUT2D eigenvalue weighted by Gasteiger charge is 2.17. The van der Waals surface area contributed by atoms with Gasteiger partial charge in [0.2, 0.25) is 0 Å². The number of pyridine rings is 1. The fraction of sp³-hybridized carbons (Fsp3) is 0.571. The molecule has 19 heavy (non-hydrogen) atoms. The zero-order chi connectivity index (χ0) is 13.5. The highest BCUT2D eigenvalue weighted by atomic mass is 16.2. The van der Waals surface area contributed by atoms with Crippen LogP contribution < -0.4 is 10.6 Å². The average Bonchev–Trinajstić information content (AvgIpc) is 2.92.